The second kappa shape index (κ2) is 13.9. The molecule has 0 radical (unpaired) electrons. The minimum atomic E-state index is -1.84. The van der Waals surface area contributed by atoms with Crippen LogP contribution < -0.4 is 14.8 Å². The van der Waals surface area contributed by atoms with Crippen molar-refractivity contribution in [2.24, 2.45) is 0 Å². The summed E-state index contributed by atoms with van der Waals surface area (Å²) in [5, 5.41) is 67.0. The average Bonchev–Trinajstić information content (AvgIpc) is 3.59. The van der Waals surface area contributed by atoms with Crippen LogP contribution in [0.4, 0.5) is 0 Å². The second-order valence-electron chi connectivity index (χ2n) is 11.8. The number of aromatic hydroxyl groups is 1. The number of carbonyl (C=O) groups is 1. The maximum atomic E-state index is 12.9. The van der Waals surface area contributed by atoms with Crippen LogP contribution in [0.15, 0.2) is 59.7 Å². The van der Waals surface area contributed by atoms with Gasteiger partial charge in [0.15, 0.2) is 17.1 Å². The molecule has 13 nitrogen and oxygen atoms in total. The van der Waals surface area contributed by atoms with Crippen LogP contribution in [-0.4, -0.2) is 111 Å². The largest absolute Gasteiger partial charge is 0.504 e. The molecule has 14 heteroatoms. The van der Waals surface area contributed by atoms with Crippen molar-refractivity contribution in [1.29, 1.82) is 0 Å². The van der Waals surface area contributed by atoms with Gasteiger partial charge in [-0.05, 0) is 74.4 Å². The fourth-order valence-electron chi connectivity index (χ4n) is 5.61. The summed E-state index contributed by atoms with van der Waals surface area (Å²) in [7, 11) is 0. The van der Waals surface area contributed by atoms with Gasteiger partial charge in [0.25, 0.3) is 0 Å². The highest BCUT2D eigenvalue weighted by molar-refractivity contribution is 6.30. The highest BCUT2D eigenvalue weighted by Gasteiger charge is 2.55. The lowest BCUT2D eigenvalue weighted by atomic mass is 9.83. The third-order valence-corrected chi connectivity index (χ3v) is 8.63. The first kappa shape index (κ1) is 34.1. The molecule has 0 bridgehead atoms. The zero-order chi connectivity index (χ0) is 33.3. The molecular weight excluding hydrogens is 626 g/mol. The van der Waals surface area contributed by atoms with Crippen molar-refractivity contribution in [3.63, 3.8) is 0 Å². The van der Waals surface area contributed by atoms with Crippen molar-refractivity contribution in [2.45, 2.75) is 81.4 Å². The first-order chi connectivity index (χ1) is 21.8. The van der Waals surface area contributed by atoms with Crippen molar-refractivity contribution < 1.29 is 59.1 Å². The van der Waals surface area contributed by atoms with Gasteiger partial charge in [-0.1, -0.05) is 23.7 Å². The summed E-state index contributed by atoms with van der Waals surface area (Å²) >= 11 is 5.98. The van der Waals surface area contributed by atoms with Gasteiger partial charge < -0.3 is 59.6 Å². The van der Waals surface area contributed by atoms with Gasteiger partial charge >= 0.3 is 0 Å². The normalized spacial score (nSPS) is 34.7. The molecule has 5 rings (SSSR count). The Morgan fingerprint density at radius 1 is 1.07 bits per heavy atom. The molecule has 250 valence electrons. The summed E-state index contributed by atoms with van der Waals surface area (Å²) in [6, 6.07) is 9.97. The molecule has 7 N–H and O–H groups in total. The predicted octanol–water partition coefficient (Wildman–Crippen LogP) is 1.01. The minimum Gasteiger partial charge on any atom is -0.504 e. The number of phenolic OH excluding ortho intramolecular Hbond substituents is 1. The predicted molar refractivity (Wildman–Crippen MR) is 163 cm³/mol. The lowest BCUT2D eigenvalue weighted by Crippen LogP contribution is -2.67. The molecule has 2 heterocycles. The Hall–Kier alpha value is -3.24. The van der Waals surface area contributed by atoms with Gasteiger partial charge in [0.05, 0.1) is 6.04 Å². The second-order valence-corrected chi connectivity index (χ2v) is 12.2. The van der Waals surface area contributed by atoms with Crippen molar-refractivity contribution in [3.05, 3.63) is 70.3 Å². The maximum absolute atomic E-state index is 12.9. The summed E-state index contributed by atoms with van der Waals surface area (Å²) in [6.45, 7) is 4.58. The van der Waals surface area contributed by atoms with E-state index >= 15 is 0 Å². The fraction of sp³-hybridized carbons (Fsp3) is 0.469. The van der Waals surface area contributed by atoms with Gasteiger partial charge in [-0.25, -0.2) is 0 Å². The molecular formula is C32H38ClNO12. The van der Waals surface area contributed by atoms with E-state index in [4.69, 9.17) is 35.3 Å². The molecule has 1 aliphatic carbocycles. The molecule has 2 aliphatic heterocycles. The molecule has 3 fully saturated rings. The monoisotopic (exact) mass is 663 g/mol. The van der Waals surface area contributed by atoms with Crippen molar-refractivity contribution >= 4 is 23.6 Å². The topological polar surface area (TPSA) is 197 Å². The number of fused-ring (bicyclic) bond motifs is 1. The first-order valence-corrected chi connectivity index (χ1v) is 15.0. The number of phenols is 1. The number of ether oxygens (including phenoxy) is 5. The van der Waals surface area contributed by atoms with E-state index in [1.54, 1.807) is 43.3 Å². The van der Waals surface area contributed by atoms with E-state index in [0.29, 0.717) is 21.9 Å². The Morgan fingerprint density at radius 2 is 1.78 bits per heavy atom. The van der Waals surface area contributed by atoms with Crippen LogP contribution in [0.3, 0.4) is 0 Å². The average molecular weight is 664 g/mol. The SMILES string of the molecule is C/C(=C/COc1cccc(Cl)c1)[C@H]1O[C@@H](Oc2ccc(/C=C(\C)C(=O)N[C@@H]3[C@H](O)[C@@H](O)[C@H]4OCO[C@H]4[C@@H]3O)cc2O)[C@@](C)(O)[C@@H]1O. The van der Waals surface area contributed by atoms with Gasteiger partial charge in [0, 0.05) is 10.6 Å². The smallest absolute Gasteiger partial charge is 0.247 e. The first-order valence-electron chi connectivity index (χ1n) is 14.6. The number of hydrogen-bond acceptors (Lipinski definition) is 12. The molecule has 2 aromatic carbocycles. The summed E-state index contributed by atoms with van der Waals surface area (Å²) < 4.78 is 27.8. The standard InChI is InChI=1S/C32H38ClNO12/c1-15(9-10-42-19-6-4-5-18(33)13-19)26-29(39)32(3,41)31(46-26)45-21-8-7-17(12-20(21)35)11-16(2)30(40)34-22-23(36)25(38)28-27(24(22)37)43-14-44-28/h4-9,11-13,22-29,31,35-39,41H,10,14H2,1-3H3,(H,34,40)/b15-9-,16-11+/t22-,23+,24-,25-,26-,27+,28-,29-,31-,32+/m1/s1. The lowest BCUT2D eigenvalue weighted by molar-refractivity contribution is -0.155. The molecule has 0 spiro atoms. The molecule has 0 aromatic heterocycles. The van der Waals surface area contributed by atoms with Crippen LogP contribution in [0, 0.1) is 0 Å². The minimum absolute atomic E-state index is 0.0425. The number of nitrogens with one attached hydrogen (secondary N) is 1. The number of amides is 1. The van der Waals surface area contributed by atoms with E-state index in [2.05, 4.69) is 5.32 Å². The zero-order valence-electron chi connectivity index (χ0n) is 25.3. The van der Waals surface area contributed by atoms with E-state index in [1.807, 2.05) is 0 Å². The maximum Gasteiger partial charge on any atom is 0.247 e. The number of halogens is 1. The summed E-state index contributed by atoms with van der Waals surface area (Å²) in [5.41, 5.74) is -0.677. The molecule has 46 heavy (non-hydrogen) atoms. The van der Waals surface area contributed by atoms with Gasteiger partial charge in [0.1, 0.15) is 61.9 Å². The van der Waals surface area contributed by atoms with Crippen LogP contribution in [0.5, 0.6) is 17.2 Å². The number of benzene rings is 2. The number of aliphatic hydroxyl groups is 5. The third kappa shape index (κ3) is 7.03. The van der Waals surface area contributed by atoms with E-state index in [0.717, 1.165) is 0 Å². The van der Waals surface area contributed by atoms with E-state index in [9.17, 15) is 35.4 Å². The van der Waals surface area contributed by atoms with Gasteiger partial charge in [-0.2, -0.15) is 0 Å². The summed E-state index contributed by atoms with van der Waals surface area (Å²) in [5.74, 6) is -0.438. The lowest BCUT2D eigenvalue weighted by Gasteiger charge is -2.41. The molecule has 2 aromatic rings. The summed E-state index contributed by atoms with van der Waals surface area (Å²) in [4.78, 5) is 12.9. The fourth-order valence-corrected chi connectivity index (χ4v) is 5.79. The van der Waals surface area contributed by atoms with Crippen molar-refractivity contribution in [2.75, 3.05) is 13.4 Å². The highest BCUT2D eigenvalue weighted by atomic mass is 35.5. The zero-order valence-corrected chi connectivity index (χ0v) is 26.1. The molecule has 10 atom stereocenters. The highest BCUT2D eigenvalue weighted by Crippen LogP contribution is 2.38. The number of hydrogen-bond donors (Lipinski definition) is 7. The van der Waals surface area contributed by atoms with E-state index < -0.39 is 66.6 Å². The summed E-state index contributed by atoms with van der Waals surface area (Å²) in [6.07, 6.45) is -6.47. The Balaban J connectivity index is 1.21. The van der Waals surface area contributed by atoms with E-state index in [1.165, 1.54) is 32.1 Å². The molecule has 2 saturated heterocycles. The van der Waals surface area contributed by atoms with Crippen molar-refractivity contribution in [1.82, 2.24) is 5.32 Å². The van der Waals surface area contributed by atoms with Gasteiger partial charge in [0.2, 0.25) is 12.2 Å². The Kier molecular flexibility index (Phi) is 10.3. The van der Waals surface area contributed by atoms with Crippen LogP contribution in [-0.2, 0) is 19.0 Å². The van der Waals surface area contributed by atoms with Crippen molar-refractivity contribution in [3.8, 4) is 17.2 Å². The third-order valence-electron chi connectivity index (χ3n) is 8.39. The molecule has 1 amide bonds. The Bertz CT molecular complexity index is 1480. The molecule has 0 unspecified atom stereocenters. The Labute approximate surface area is 270 Å². The number of carbonyl (C=O) groups excluding carboxylic acids is 1. The van der Waals surface area contributed by atoms with Gasteiger partial charge in [-0.3, -0.25) is 4.79 Å². The van der Waals surface area contributed by atoms with Crippen LogP contribution in [0.2, 0.25) is 5.02 Å². The van der Waals surface area contributed by atoms with Gasteiger partial charge in [-0.15, -0.1) is 0 Å². The van der Waals surface area contributed by atoms with Crippen LogP contribution in [0.1, 0.15) is 26.3 Å². The number of aliphatic hydroxyl groups excluding tert-OH is 4. The van der Waals surface area contributed by atoms with Crippen LogP contribution >= 0.6 is 11.6 Å². The molecule has 3 aliphatic rings. The van der Waals surface area contributed by atoms with E-state index in [-0.39, 0.29) is 30.5 Å². The quantitative estimate of drug-likeness (QED) is 0.149. The Morgan fingerprint density at radius 3 is 2.48 bits per heavy atom. The molecule has 1 saturated carbocycles. The number of rotatable bonds is 9. The van der Waals surface area contributed by atoms with Crippen LogP contribution in [0.25, 0.3) is 6.08 Å².